The number of rotatable bonds is 4. The van der Waals surface area contributed by atoms with E-state index in [1.807, 2.05) is 18.4 Å². The molecule has 0 spiro atoms. The highest BCUT2D eigenvalue weighted by atomic mass is 32.2. The lowest BCUT2D eigenvalue weighted by molar-refractivity contribution is 0.581. The summed E-state index contributed by atoms with van der Waals surface area (Å²) in [7, 11) is -3.50. The van der Waals surface area contributed by atoms with Crippen LogP contribution in [-0.2, 0) is 16.6 Å². The molecule has 1 aromatic carbocycles. The van der Waals surface area contributed by atoms with E-state index in [2.05, 4.69) is 4.72 Å². The number of benzene rings is 1. The second-order valence-electron chi connectivity index (χ2n) is 4.38. The Labute approximate surface area is 117 Å². The summed E-state index contributed by atoms with van der Waals surface area (Å²) in [5.41, 5.74) is 7.94. The lowest BCUT2D eigenvalue weighted by Gasteiger charge is -2.09. The molecule has 3 N–H and O–H groups in total. The molecule has 102 valence electrons. The first kappa shape index (κ1) is 14.0. The molecule has 0 amide bonds. The lowest BCUT2D eigenvalue weighted by atomic mass is 10.2. The Bertz CT molecular complexity index is 690. The molecule has 0 bridgehead atoms. The first-order chi connectivity index (χ1) is 8.90. The lowest BCUT2D eigenvalue weighted by Crippen LogP contribution is -2.23. The monoisotopic (exact) mass is 296 g/mol. The molecule has 2 rings (SSSR count). The highest BCUT2D eigenvalue weighted by molar-refractivity contribution is 7.89. The minimum absolute atomic E-state index is 0.274. The van der Waals surface area contributed by atoms with Crippen molar-refractivity contribution in [2.45, 2.75) is 25.3 Å². The van der Waals surface area contributed by atoms with Crippen LogP contribution in [0.2, 0.25) is 0 Å². The predicted molar refractivity (Wildman–Crippen MR) is 78.7 cm³/mol. The summed E-state index contributed by atoms with van der Waals surface area (Å²) in [5, 5.41) is 1.95. The van der Waals surface area contributed by atoms with E-state index in [1.165, 1.54) is 6.07 Å². The molecule has 0 atom stereocenters. The van der Waals surface area contributed by atoms with Crippen LogP contribution < -0.4 is 10.5 Å². The number of hydrogen-bond acceptors (Lipinski definition) is 4. The van der Waals surface area contributed by atoms with E-state index in [9.17, 15) is 8.42 Å². The molecule has 2 aromatic rings. The number of sulfonamides is 1. The summed E-state index contributed by atoms with van der Waals surface area (Å²) in [6.07, 6.45) is 0. The molecule has 1 heterocycles. The Morgan fingerprint density at radius 1 is 1.21 bits per heavy atom. The van der Waals surface area contributed by atoms with Gasteiger partial charge in [-0.05, 0) is 54.6 Å². The van der Waals surface area contributed by atoms with E-state index < -0.39 is 10.0 Å². The topological polar surface area (TPSA) is 72.2 Å². The average molecular weight is 296 g/mol. The van der Waals surface area contributed by atoms with Crippen LogP contribution in [0.3, 0.4) is 0 Å². The third kappa shape index (κ3) is 3.15. The predicted octanol–water partition coefficient (Wildman–Crippen LogP) is 2.43. The Morgan fingerprint density at radius 2 is 1.95 bits per heavy atom. The largest absolute Gasteiger partial charge is 0.399 e. The molecule has 0 aliphatic heterocycles. The van der Waals surface area contributed by atoms with Crippen molar-refractivity contribution in [3.05, 3.63) is 45.6 Å². The normalized spacial score (nSPS) is 11.7. The van der Waals surface area contributed by atoms with Gasteiger partial charge >= 0.3 is 0 Å². The Balaban J connectivity index is 2.21. The fourth-order valence-corrected chi connectivity index (χ4v) is 3.95. The van der Waals surface area contributed by atoms with Gasteiger partial charge in [-0.1, -0.05) is 0 Å². The second-order valence-corrected chi connectivity index (χ2v) is 7.11. The molecular weight excluding hydrogens is 280 g/mol. The molecular formula is C13H16N2O2S2. The zero-order valence-corrected chi connectivity index (χ0v) is 12.4. The fraction of sp³-hybridized carbons (Fsp3) is 0.231. The molecule has 0 saturated heterocycles. The molecule has 6 heteroatoms. The van der Waals surface area contributed by atoms with Crippen LogP contribution in [0.15, 0.2) is 34.5 Å². The minimum atomic E-state index is -3.50. The smallest absolute Gasteiger partial charge is 0.241 e. The fourth-order valence-electron chi connectivity index (χ4n) is 1.80. The van der Waals surface area contributed by atoms with Gasteiger partial charge in [0, 0.05) is 17.1 Å². The summed E-state index contributed by atoms with van der Waals surface area (Å²) in [6, 6.07) is 6.76. The van der Waals surface area contributed by atoms with Crippen LogP contribution in [0.25, 0.3) is 0 Å². The van der Waals surface area contributed by atoms with Crippen LogP contribution in [0.5, 0.6) is 0 Å². The number of nitrogen functional groups attached to an aromatic ring is 1. The maximum Gasteiger partial charge on any atom is 0.241 e. The maximum atomic E-state index is 12.2. The van der Waals surface area contributed by atoms with Gasteiger partial charge in [0.15, 0.2) is 0 Å². The van der Waals surface area contributed by atoms with Crippen molar-refractivity contribution in [3.63, 3.8) is 0 Å². The number of hydrogen-bond donors (Lipinski definition) is 2. The van der Waals surface area contributed by atoms with E-state index in [0.29, 0.717) is 17.8 Å². The second kappa shape index (κ2) is 5.32. The SMILES string of the molecule is Cc1cc(N)ccc1S(=O)(=O)NCc1sccc1C. The standard InChI is InChI=1S/C13H16N2O2S2/c1-9-5-6-18-12(9)8-15-19(16,17)13-4-3-11(14)7-10(13)2/h3-7,15H,8,14H2,1-2H3. The first-order valence-electron chi connectivity index (χ1n) is 5.79. The molecule has 0 radical (unpaired) electrons. The van der Waals surface area contributed by atoms with Gasteiger partial charge in [0.1, 0.15) is 0 Å². The molecule has 1 aromatic heterocycles. The summed E-state index contributed by atoms with van der Waals surface area (Å²) in [5.74, 6) is 0. The van der Waals surface area contributed by atoms with Crippen molar-refractivity contribution >= 4 is 27.0 Å². The molecule has 0 unspecified atom stereocenters. The van der Waals surface area contributed by atoms with Crippen molar-refractivity contribution in [1.29, 1.82) is 0 Å². The summed E-state index contributed by atoms with van der Waals surface area (Å²) >= 11 is 1.55. The Morgan fingerprint density at radius 3 is 2.53 bits per heavy atom. The zero-order chi connectivity index (χ0) is 14.0. The van der Waals surface area contributed by atoms with Crippen molar-refractivity contribution in [2.75, 3.05) is 5.73 Å². The number of aryl methyl sites for hydroxylation is 2. The third-order valence-corrected chi connectivity index (χ3v) is 5.46. The van der Waals surface area contributed by atoms with Crippen LogP contribution in [0.1, 0.15) is 16.0 Å². The van der Waals surface area contributed by atoms with E-state index in [-0.39, 0.29) is 4.90 Å². The number of nitrogens with two attached hydrogens (primary N) is 1. The van der Waals surface area contributed by atoms with E-state index in [0.717, 1.165) is 10.4 Å². The highest BCUT2D eigenvalue weighted by Gasteiger charge is 2.17. The van der Waals surface area contributed by atoms with E-state index >= 15 is 0 Å². The molecule has 4 nitrogen and oxygen atoms in total. The van der Waals surface area contributed by atoms with Crippen molar-refractivity contribution in [1.82, 2.24) is 4.72 Å². The summed E-state index contributed by atoms with van der Waals surface area (Å²) in [4.78, 5) is 1.30. The van der Waals surface area contributed by atoms with Crippen LogP contribution in [0.4, 0.5) is 5.69 Å². The molecule has 0 aliphatic rings. The van der Waals surface area contributed by atoms with Gasteiger partial charge in [-0.15, -0.1) is 11.3 Å². The van der Waals surface area contributed by atoms with Crippen LogP contribution in [0, 0.1) is 13.8 Å². The van der Waals surface area contributed by atoms with E-state index in [1.54, 1.807) is 30.4 Å². The van der Waals surface area contributed by atoms with Gasteiger partial charge in [-0.2, -0.15) is 0 Å². The van der Waals surface area contributed by atoms with Gasteiger partial charge in [0.05, 0.1) is 4.90 Å². The Kier molecular flexibility index (Phi) is 3.93. The van der Waals surface area contributed by atoms with Gasteiger partial charge in [-0.25, -0.2) is 13.1 Å². The van der Waals surface area contributed by atoms with Gasteiger partial charge in [0.2, 0.25) is 10.0 Å². The Hall–Kier alpha value is -1.37. The van der Waals surface area contributed by atoms with Crippen LogP contribution >= 0.6 is 11.3 Å². The van der Waals surface area contributed by atoms with Crippen molar-refractivity contribution in [2.24, 2.45) is 0 Å². The average Bonchev–Trinajstić information content (AvgIpc) is 2.72. The number of nitrogens with one attached hydrogen (secondary N) is 1. The van der Waals surface area contributed by atoms with Gasteiger partial charge in [-0.3, -0.25) is 0 Å². The minimum Gasteiger partial charge on any atom is -0.399 e. The third-order valence-electron chi connectivity index (χ3n) is 2.88. The first-order valence-corrected chi connectivity index (χ1v) is 8.15. The molecule has 0 saturated carbocycles. The zero-order valence-electron chi connectivity index (χ0n) is 10.8. The molecule has 0 fully saturated rings. The quantitative estimate of drug-likeness (QED) is 0.851. The van der Waals surface area contributed by atoms with Crippen molar-refractivity contribution < 1.29 is 8.42 Å². The van der Waals surface area contributed by atoms with Gasteiger partial charge < -0.3 is 5.73 Å². The van der Waals surface area contributed by atoms with Gasteiger partial charge in [0.25, 0.3) is 0 Å². The van der Waals surface area contributed by atoms with E-state index in [4.69, 9.17) is 5.73 Å². The van der Waals surface area contributed by atoms with Crippen molar-refractivity contribution in [3.8, 4) is 0 Å². The van der Waals surface area contributed by atoms with Crippen LogP contribution in [-0.4, -0.2) is 8.42 Å². The summed E-state index contributed by atoms with van der Waals surface area (Å²) in [6.45, 7) is 4.02. The summed E-state index contributed by atoms with van der Waals surface area (Å²) < 4.78 is 27.1. The number of thiophene rings is 1. The molecule has 19 heavy (non-hydrogen) atoms. The number of anilines is 1. The molecule has 0 aliphatic carbocycles. The highest BCUT2D eigenvalue weighted by Crippen LogP contribution is 2.20. The maximum absolute atomic E-state index is 12.2.